The summed E-state index contributed by atoms with van der Waals surface area (Å²) in [5, 5.41) is 12.2. The summed E-state index contributed by atoms with van der Waals surface area (Å²) in [6, 6.07) is 13.1. The Hall–Kier alpha value is -2.10. The van der Waals surface area contributed by atoms with E-state index in [0.29, 0.717) is 12.0 Å². The Morgan fingerprint density at radius 1 is 1.04 bits per heavy atom. The molecule has 2 aromatic rings. The summed E-state index contributed by atoms with van der Waals surface area (Å²) in [6.45, 7) is 0.765. The first kappa shape index (κ1) is 14.5. The molecule has 0 amide bonds. The quantitative estimate of drug-likeness (QED) is 0.937. The fourth-order valence-electron chi connectivity index (χ4n) is 3.64. The summed E-state index contributed by atoms with van der Waals surface area (Å²) in [4.78, 5) is 0. The van der Waals surface area contributed by atoms with E-state index in [1.165, 1.54) is 31.2 Å². The number of nitrogens with one attached hydrogen (secondary N) is 1. The second kappa shape index (κ2) is 6.57. The Morgan fingerprint density at radius 3 is 2.74 bits per heavy atom. The number of fused-ring (bicyclic) bond motifs is 1. The van der Waals surface area contributed by atoms with E-state index >= 15 is 0 Å². The Labute approximate surface area is 137 Å². The van der Waals surface area contributed by atoms with Gasteiger partial charge in [-0.1, -0.05) is 31.0 Å². The van der Waals surface area contributed by atoms with Gasteiger partial charge in [0.15, 0.2) is 0 Å². The molecule has 2 heterocycles. The molecule has 0 bridgehead atoms. The minimum Gasteiger partial charge on any atom is -0.493 e. The van der Waals surface area contributed by atoms with Gasteiger partial charge in [-0.05, 0) is 49.4 Å². The number of ether oxygens (including phenoxy) is 1. The van der Waals surface area contributed by atoms with Crippen molar-refractivity contribution in [2.24, 2.45) is 5.92 Å². The van der Waals surface area contributed by atoms with Crippen LogP contribution >= 0.6 is 0 Å². The Kier molecular flexibility index (Phi) is 4.14. The largest absolute Gasteiger partial charge is 0.493 e. The summed E-state index contributed by atoms with van der Waals surface area (Å²) in [5.41, 5.74) is 2.35. The van der Waals surface area contributed by atoms with Crippen LogP contribution in [0.3, 0.4) is 0 Å². The van der Waals surface area contributed by atoms with Crippen LogP contribution in [-0.4, -0.2) is 22.8 Å². The third-order valence-electron chi connectivity index (χ3n) is 4.88. The lowest BCUT2D eigenvalue weighted by Gasteiger charge is -2.24. The van der Waals surface area contributed by atoms with Gasteiger partial charge in [0.25, 0.3) is 0 Å². The van der Waals surface area contributed by atoms with Crippen molar-refractivity contribution in [2.45, 2.75) is 44.6 Å². The highest BCUT2D eigenvalue weighted by molar-refractivity contribution is 5.36. The highest BCUT2D eigenvalue weighted by atomic mass is 16.5. The maximum absolute atomic E-state index is 5.86. The molecule has 1 aliphatic heterocycles. The lowest BCUT2D eigenvalue weighted by molar-refractivity contribution is 0.220. The van der Waals surface area contributed by atoms with Gasteiger partial charge in [-0.2, -0.15) is 5.10 Å². The van der Waals surface area contributed by atoms with Crippen LogP contribution in [0, 0.1) is 5.92 Å². The van der Waals surface area contributed by atoms with Gasteiger partial charge in [0.1, 0.15) is 11.6 Å². The molecule has 0 spiro atoms. The number of anilines is 1. The van der Waals surface area contributed by atoms with Gasteiger partial charge in [-0.25, -0.2) is 0 Å². The van der Waals surface area contributed by atoms with Crippen molar-refractivity contribution in [1.29, 1.82) is 0 Å². The molecule has 1 aromatic carbocycles. The predicted octanol–water partition coefficient (Wildman–Crippen LogP) is 3.62. The molecule has 1 atom stereocenters. The second-order valence-electron chi connectivity index (χ2n) is 6.73. The zero-order valence-corrected chi connectivity index (χ0v) is 13.4. The molecular formula is C19H23N3O. The molecular weight excluding hydrogens is 286 g/mol. The van der Waals surface area contributed by atoms with E-state index in [-0.39, 0.29) is 0 Å². The van der Waals surface area contributed by atoms with Crippen molar-refractivity contribution in [1.82, 2.24) is 10.2 Å². The lowest BCUT2D eigenvalue weighted by atomic mass is 9.93. The maximum atomic E-state index is 5.86. The number of benzene rings is 1. The molecule has 2 aliphatic rings. The smallest absolute Gasteiger partial charge is 0.148 e. The molecule has 120 valence electrons. The standard InChI is InChI=1S/C19H23N3O/c1-4-8-18-15(5-1)11-14(13-23-18)12-17-9-10-19(22-21-17)20-16-6-2-3-7-16/h1,4-5,8-10,14,16H,2-3,6-7,11-13H2,(H,20,22)/t14-/m0/s1. The normalized spacial score (nSPS) is 20.8. The molecule has 1 saturated carbocycles. The van der Waals surface area contributed by atoms with Gasteiger partial charge in [0, 0.05) is 12.0 Å². The first-order chi connectivity index (χ1) is 11.4. The monoisotopic (exact) mass is 309 g/mol. The molecule has 4 nitrogen and oxygen atoms in total. The minimum absolute atomic E-state index is 0.479. The number of para-hydroxylation sites is 1. The highest BCUT2D eigenvalue weighted by Gasteiger charge is 2.20. The van der Waals surface area contributed by atoms with Crippen LogP contribution in [0.1, 0.15) is 36.9 Å². The van der Waals surface area contributed by atoms with Crippen molar-refractivity contribution >= 4 is 5.82 Å². The Balaban J connectivity index is 1.36. The first-order valence-electron chi connectivity index (χ1n) is 8.67. The van der Waals surface area contributed by atoms with Crippen LogP contribution in [0.2, 0.25) is 0 Å². The van der Waals surface area contributed by atoms with E-state index in [0.717, 1.165) is 36.7 Å². The summed E-state index contributed by atoms with van der Waals surface area (Å²) in [5.74, 6) is 2.42. The van der Waals surface area contributed by atoms with E-state index in [1.807, 2.05) is 6.07 Å². The number of aromatic nitrogens is 2. The zero-order valence-electron chi connectivity index (χ0n) is 13.4. The summed E-state index contributed by atoms with van der Waals surface area (Å²) < 4.78 is 5.86. The summed E-state index contributed by atoms with van der Waals surface area (Å²) in [7, 11) is 0. The minimum atomic E-state index is 0.479. The number of hydrogen-bond acceptors (Lipinski definition) is 4. The van der Waals surface area contributed by atoms with Gasteiger partial charge in [0.05, 0.1) is 12.3 Å². The molecule has 0 unspecified atom stereocenters. The van der Waals surface area contributed by atoms with Crippen LogP contribution < -0.4 is 10.1 Å². The van der Waals surface area contributed by atoms with Crippen molar-refractivity contribution in [3.8, 4) is 5.75 Å². The van der Waals surface area contributed by atoms with E-state index in [9.17, 15) is 0 Å². The van der Waals surface area contributed by atoms with Crippen LogP contribution in [-0.2, 0) is 12.8 Å². The molecule has 4 heteroatoms. The third kappa shape index (κ3) is 3.46. The summed E-state index contributed by atoms with van der Waals surface area (Å²) >= 11 is 0. The molecule has 1 fully saturated rings. The van der Waals surface area contributed by atoms with Crippen molar-refractivity contribution < 1.29 is 4.74 Å². The number of hydrogen-bond donors (Lipinski definition) is 1. The van der Waals surface area contributed by atoms with Crippen molar-refractivity contribution in [3.05, 3.63) is 47.7 Å². The molecule has 0 saturated heterocycles. The van der Waals surface area contributed by atoms with E-state index in [2.05, 4.69) is 45.8 Å². The zero-order chi connectivity index (χ0) is 15.5. The van der Waals surface area contributed by atoms with Crippen molar-refractivity contribution in [2.75, 3.05) is 11.9 Å². The molecule has 4 rings (SSSR count). The first-order valence-corrected chi connectivity index (χ1v) is 8.67. The topological polar surface area (TPSA) is 47.0 Å². The van der Waals surface area contributed by atoms with Gasteiger partial charge in [0.2, 0.25) is 0 Å². The highest BCUT2D eigenvalue weighted by Crippen LogP contribution is 2.28. The SMILES string of the molecule is c1ccc2c(c1)C[C@@H](Cc1ccc(NC3CCCC3)nn1)CO2. The van der Waals surface area contributed by atoms with Crippen LogP contribution in [0.5, 0.6) is 5.75 Å². The van der Waals surface area contributed by atoms with Crippen LogP contribution in [0.4, 0.5) is 5.82 Å². The van der Waals surface area contributed by atoms with Gasteiger partial charge < -0.3 is 10.1 Å². The fourth-order valence-corrected chi connectivity index (χ4v) is 3.64. The average molecular weight is 309 g/mol. The van der Waals surface area contributed by atoms with Crippen molar-refractivity contribution in [3.63, 3.8) is 0 Å². The molecule has 1 aromatic heterocycles. The molecule has 1 N–H and O–H groups in total. The molecule has 1 aliphatic carbocycles. The number of nitrogens with zero attached hydrogens (tertiary/aromatic N) is 2. The Morgan fingerprint density at radius 2 is 1.91 bits per heavy atom. The molecule has 0 radical (unpaired) electrons. The predicted molar refractivity (Wildman–Crippen MR) is 90.7 cm³/mol. The van der Waals surface area contributed by atoms with Crippen LogP contribution in [0.15, 0.2) is 36.4 Å². The van der Waals surface area contributed by atoms with Gasteiger partial charge in [-0.3, -0.25) is 0 Å². The molecule has 23 heavy (non-hydrogen) atoms. The van der Waals surface area contributed by atoms with E-state index in [4.69, 9.17) is 4.74 Å². The maximum Gasteiger partial charge on any atom is 0.148 e. The third-order valence-corrected chi connectivity index (χ3v) is 4.88. The fraction of sp³-hybridized carbons (Fsp3) is 0.474. The summed E-state index contributed by atoms with van der Waals surface area (Å²) in [6.07, 6.45) is 7.13. The average Bonchev–Trinajstić information content (AvgIpc) is 3.10. The van der Waals surface area contributed by atoms with Gasteiger partial charge in [-0.15, -0.1) is 5.10 Å². The van der Waals surface area contributed by atoms with Crippen LogP contribution in [0.25, 0.3) is 0 Å². The van der Waals surface area contributed by atoms with E-state index in [1.54, 1.807) is 0 Å². The number of rotatable bonds is 4. The van der Waals surface area contributed by atoms with Gasteiger partial charge >= 0.3 is 0 Å². The van der Waals surface area contributed by atoms with E-state index < -0.39 is 0 Å². The Bertz CT molecular complexity index is 650. The second-order valence-corrected chi connectivity index (χ2v) is 6.73. The lowest BCUT2D eigenvalue weighted by Crippen LogP contribution is -2.23.